The Labute approximate surface area is 135 Å². The Morgan fingerprint density at radius 2 is 2.26 bits per heavy atom. The van der Waals surface area contributed by atoms with E-state index in [2.05, 4.69) is 18.4 Å². The van der Waals surface area contributed by atoms with E-state index in [4.69, 9.17) is 9.47 Å². The van der Waals surface area contributed by atoms with Crippen molar-refractivity contribution in [3.05, 3.63) is 23.3 Å². The first-order valence-corrected chi connectivity index (χ1v) is 7.91. The third kappa shape index (κ3) is 2.70. The summed E-state index contributed by atoms with van der Waals surface area (Å²) in [6.07, 6.45) is 2.21. The molecule has 1 saturated carbocycles. The minimum atomic E-state index is -0.472. The van der Waals surface area contributed by atoms with Crippen LogP contribution in [0.4, 0.5) is 0 Å². The molecule has 0 amide bonds. The monoisotopic (exact) mass is 322 g/mol. The second-order valence-electron chi connectivity index (χ2n) is 6.96. The molecule has 0 aromatic heterocycles. The molecule has 1 heterocycles. The van der Waals surface area contributed by atoms with Crippen LogP contribution < -0.4 is 0 Å². The molecule has 4 atom stereocenters. The molecule has 0 aromatic rings. The van der Waals surface area contributed by atoms with Gasteiger partial charge in [-0.15, -0.1) is 0 Å². The van der Waals surface area contributed by atoms with Gasteiger partial charge >= 0.3 is 11.9 Å². The van der Waals surface area contributed by atoms with Gasteiger partial charge in [-0.25, -0.2) is 9.68 Å². The average molecular weight is 322 g/mol. The minimum Gasteiger partial charge on any atom is -0.461 e. The van der Waals surface area contributed by atoms with Crippen molar-refractivity contribution in [2.75, 3.05) is 6.61 Å². The molecular weight excluding hydrogens is 300 g/mol. The van der Waals surface area contributed by atoms with Crippen molar-refractivity contribution in [3.63, 3.8) is 0 Å². The summed E-state index contributed by atoms with van der Waals surface area (Å²) >= 11 is 0. The summed E-state index contributed by atoms with van der Waals surface area (Å²) in [6, 6.07) is 0. The molecule has 0 unspecified atom stereocenters. The zero-order chi connectivity index (χ0) is 16.8. The molecule has 6 nitrogen and oxygen atoms in total. The molecule has 0 aromatic carbocycles. The van der Waals surface area contributed by atoms with Crippen LogP contribution in [0.3, 0.4) is 0 Å². The number of esters is 2. The van der Waals surface area contributed by atoms with E-state index in [1.54, 1.807) is 0 Å². The Hall–Kier alpha value is -1.66. The fraction of sp³-hybridized carbons (Fsp3) is 0.647. The van der Waals surface area contributed by atoms with Gasteiger partial charge in [0.1, 0.15) is 18.8 Å². The predicted octanol–water partition coefficient (Wildman–Crippen LogP) is 2.40. The number of carbonyl (C=O) groups is 2. The van der Waals surface area contributed by atoms with Gasteiger partial charge in [0.25, 0.3) is 0 Å². The Kier molecular flexibility index (Phi) is 4.06. The van der Waals surface area contributed by atoms with Crippen LogP contribution in [0.25, 0.3) is 0 Å². The van der Waals surface area contributed by atoms with E-state index >= 15 is 0 Å². The second-order valence-corrected chi connectivity index (χ2v) is 6.96. The maximum Gasteiger partial charge on any atom is 0.334 e. The predicted molar refractivity (Wildman–Crippen MR) is 80.2 cm³/mol. The lowest BCUT2D eigenvalue weighted by Gasteiger charge is -2.46. The summed E-state index contributed by atoms with van der Waals surface area (Å²) in [7, 11) is 0. The smallest absolute Gasteiger partial charge is 0.334 e. The summed E-state index contributed by atoms with van der Waals surface area (Å²) < 4.78 is 10.6. The molecule has 0 bridgehead atoms. The Morgan fingerprint density at radius 1 is 1.52 bits per heavy atom. The number of carbonyl (C=O) groups excluding carboxylic acids is 2. The molecule has 1 aliphatic heterocycles. The first-order chi connectivity index (χ1) is 10.9. The Morgan fingerprint density at radius 3 is 2.91 bits per heavy atom. The van der Waals surface area contributed by atoms with E-state index in [0.717, 1.165) is 24.0 Å². The van der Waals surface area contributed by atoms with Crippen molar-refractivity contribution in [3.8, 4) is 0 Å². The molecule has 1 saturated heterocycles. The SMILES string of the molecule is C=C1C(=O)O[C@@H]2C[C@@]3(C)CC[C@@H](OO)C(COC(C)=O)=C3C[C@H]12. The van der Waals surface area contributed by atoms with Crippen molar-refractivity contribution in [1.82, 2.24) is 0 Å². The van der Waals surface area contributed by atoms with Crippen LogP contribution in [0.5, 0.6) is 0 Å². The quantitative estimate of drug-likeness (QED) is 0.282. The molecule has 2 fully saturated rings. The average Bonchev–Trinajstić information content (AvgIpc) is 2.76. The third-order valence-electron chi connectivity index (χ3n) is 5.51. The normalized spacial score (nSPS) is 36.4. The summed E-state index contributed by atoms with van der Waals surface area (Å²) in [4.78, 5) is 27.6. The number of allylic oxidation sites excluding steroid dienone is 1. The zero-order valence-corrected chi connectivity index (χ0v) is 13.5. The van der Waals surface area contributed by atoms with Crippen molar-refractivity contribution < 1.29 is 29.2 Å². The zero-order valence-electron chi connectivity index (χ0n) is 13.5. The van der Waals surface area contributed by atoms with E-state index in [9.17, 15) is 14.8 Å². The molecule has 1 N–H and O–H groups in total. The van der Waals surface area contributed by atoms with Crippen molar-refractivity contribution in [2.45, 2.75) is 51.7 Å². The Balaban J connectivity index is 1.97. The van der Waals surface area contributed by atoms with Crippen LogP contribution in [-0.2, 0) is 24.0 Å². The molecule has 0 spiro atoms. The number of ether oxygens (including phenoxy) is 2. The van der Waals surface area contributed by atoms with Crippen LogP contribution in [0.1, 0.15) is 39.5 Å². The summed E-state index contributed by atoms with van der Waals surface area (Å²) in [5, 5.41) is 9.21. The molecule has 23 heavy (non-hydrogen) atoms. The number of hydrogen-bond donors (Lipinski definition) is 1. The van der Waals surface area contributed by atoms with Gasteiger partial charge in [0, 0.05) is 18.4 Å². The van der Waals surface area contributed by atoms with E-state index in [1.807, 2.05) is 0 Å². The van der Waals surface area contributed by atoms with Crippen molar-refractivity contribution in [1.29, 1.82) is 0 Å². The third-order valence-corrected chi connectivity index (χ3v) is 5.51. The lowest BCUT2D eigenvalue weighted by Crippen LogP contribution is -2.42. The fourth-order valence-corrected chi connectivity index (χ4v) is 4.21. The first kappa shape index (κ1) is 16.2. The van der Waals surface area contributed by atoms with Crippen LogP contribution in [0.15, 0.2) is 23.3 Å². The van der Waals surface area contributed by atoms with Crippen LogP contribution in [-0.4, -0.2) is 36.0 Å². The van der Waals surface area contributed by atoms with Crippen molar-refractivity contribution in [2.24, 2.45) is 11.3 Å². The van der Waals surface area contributed by atoms with E-state index in [0.29, 0.717) is 18.4 Å². The lowest BCUT2D eigenvalue weighted by molar-refractivity contribution is -0.274. The second kappa shape index (κ2) is 5.76. The maximum absolute atomic E-state index is 11.8. The van der Waals surface area contributed by atoms with Crippen LogP contribution in [0.2, 0.25) is 0 Å². The minimum absolute atomic E-state index is 0.0460. The van der Waals surface area contributed by atoms with Gasteiger partial charge in [-0.2, -0.15) is 0 Å². The topological polar surface area (TPSA) is 82.1 Å². The highest BCUT2D eigenvalue weighted by atomic mass is 17.1. The van der Waals surface area contributed by atoms with Gasteiger partial charge in [-0.05, 0) is 36.7 Å². The molecule has 3 aliphatic rings. The number of rotatable bonds is 3. The van der Waals surface area contributed by atoms with Gasteiger partial charge in [-0.1, -0.05) is 19.1 Å². The van der Waals surface area contributed by atoms with E-state index in [1.165, 1.54) is 6.92 Å². The highest BCUT2D eigenvalue weighted by molar-refractivity contribution is 5.91. The summed E-state index contributed by atoms with van der Waals surface area (Å²) in [6.45, 7) is 7.44. The van der Waals surface area contributed by atoms with Gasteiger partial charge < -0.3 is 9.47 Å². The van der Waals surface area contributed by atoms with Gasteiger partial charge in [-0.3, -0.25) is 10.1 Å². The van der Waals surface area contributed by atoms with Crippen LogP contribution in [0, 0.1) is 11.3 Å². The highest BCUT2D eigenvalue weighted by Gasteiger charge is 2.51. The maximum atomic E-state index is 11.8. The van der Waals surface area contributed by atoms with Crippen molar-refractivity contribution >= 4 is 11.9 Å². The number of hydrogen-bond acceptors (Lipinski definition) is 6. The molecular formula is C17H22O6. The molecule has 3 rings (SSSR count). The fourth-order valence-electron chi connectivity index (χ4n) is 4.21. The van der Waals surface area contributed by atoms with Crippen LogP contribution >= 0.6 is 0 Å². The van der Waals surface area contributed by atoms with E-state index in [-0.39, 0.29) is 36.0 Å². The van der Waals surface area contributed by atoms with Gasteiger partial charge in [0.2, 0.25) is 0 Å². The molecule has 6 heteroatoms. The summed E-state index contributed by atoms with van der Waals surface area (Å²) in [5.41, 5.74) is 2.27. The molecule has 126 valence electrons. The molecule has 0 radical (unpaired) electrons. The van der Waals surface area contributed by atoms with Gasteiger partial charge in [0.05, 0.1) is 0 Å². The standard InChI is InChI=1S/C17H22O6/c1-9-11-6-13-12(8-21-10(2)18)14(23-20)4-5-17(13,3)7-15(11)22-16(9)19/h11,14-15,20H,1,4-8H2,2-3H3/t11-,14-,15-,17-/m1/s1. The number of fused-ring (bicyclic) bond motifs is 2. The lowest BCUT2D eigenvalue weighted by atomic mass is 9.60. The Bertz CT molecular complexity index is 592. The first-order valence-electron chi connectivity index (χ1n) is 7.91. The summed E-state index contributed by atoms with van der Waals surface area (Å²) in [5.74, 6) is -0.741. The van der Waals surface area contributed by atoms with Gasteiger partial charge in [0.15, 0.2) is 0 Å². The highest BCUT2D eigenvalue weighted by Crippen LogP contribution is 2.55. The van der Waals surface area contributed by atoms with E-state index < -0.39 is 6.10 Å². The molecule has 2 aliphatic carbocycles. The largest absolute Gasteiger partial charge is 0.461 e.